The van der Waals surface area contributed by atoms with Crippen molar-refractivity contribution in [2.75, 3.05) is 12.4 Å². The lowest BCUT2D eigenvalue weighted by atomic mass is 10.0. The number of methoxy groups -OCH3 is 1. The standard InChI is InChI=1S/C25H22FNO4S/c1-5-15-6-11-19-18(12-15)13(2)22(31-19)23(28)27-24-21(25(29)30-4)20(14(3)32-24)16-7-9-17(26)10-8-16/h6-12H,5H2,1-4H3,(H,27,28). The predicted molar refractivity (Wildman–Crippen MR) is 124 cm³/mol. The van der Waals surface area contributed by atoms with E-state index in [0.717, 1.165) is 27.8 Å². The van der Waals surface area contributed by atoms with E-state index in [0.29, 0.717) is 21.7 Å². The van der Waals surface area contributed by atoms with Crippen LogP contribution in [-0.4, -0.2) is 19.0 Å². The quantitative estimate of drug-likeness (QED) is 0.351. The van der Waals surface area contributed by atoms with Gasteiger partial charge in [-0.2, -0.15) is 0 Å². The molecule has 0 saturated carbocycles. The number of amides is 1. The van der Waals surface area contributed by atoms with Crippen molar-refractivity contribution in [3.05, 3.63) is 75.6 Å². The molecular weight excluding hydrogens is 429 g/mol. The number of aryl methyl sites for hydroxylation is 3. The number of esters is 1. The number of furan rings is 1. The van der Waals surface area contributed by atoms with Crippen LogP contribution in [0.25, 0.3) is 22.1 Å². The number of thiophene rings is 1. The van der Waals surface area contributed by atoms with Crippen molar-refractivity contribution in [2.45, 2.75) is 27.2 Å². The third-order valence-corrected chi connectivity index (χ3v) is 6.47. The molecule has 0 atom stereocenters. The minimum Gasteiger partial charge on any atom is -0.465 e. The van der Waals surface area contributed by atoms with Gasteiger partial charge in [-0.25, -0.2) is 9.18 Å². The van der Waals surface area contributed by atoms with Crippen LogP contribution in [-0.2, 0) is 11.2 Å². The zero-order chi connectivity index (χ0) is 23.0. The second-order valence-electron chi connectivity index (χ2n) is 7.43. The van der Waals surface area contributed by atoms with Crippen molar-refractivity contribution in [2.24, 2.45) is 0 Å². The molecule has 5 nitrogen and oxygen atoms in total. The SMILES string of the molecule is CCc1ccc2oc(C(=O)Nc3sc(C)c(-c4ccc(F)cc4)c3C(=O)OC)c(C)c2c1. The van der Waals surface area contributed by atoms with E-state index in [9.17, 15) is 14.0 Å². The highest BCUT2D eigenvalue weighted by Crippen LogP contribution is 2.41. The van der Waals surface area contributed by atoms with Crippen molar-refractivity contribution >= 4 is 39.2 Å². The molecule has 0 fully saturated rings. The molecule has 0 radical (unpaired) electrons. The highest BCUT2D eigenvalue weighted by molar-refractivity contribution is 7.17. The van der Waals surface area contributed by atoms with Crippen LogP contribution >= 0.6 is 11.3 Å². The molecule has 1 N–H and O–H groups in total. The maximum Gasteiger partial charge on any atom is 0.341 e. The van der Waals surface area contributed by atoms with Gasteiger partial charge in [-0.15, -0.1) is 11.3 Å². The van der Waals surface area contributed by atoms with E-state index in [4.69, 9.17) is 9.15 Å². The second kappa shape index (κ2) is 8.59. The lowest BCUT2D eigenvalue weighted by Gasteiger charge is -2.08. The number of nitrogens with one attached hydrogen (secondary N) is 1. The predicted octanol–water partition coefficient (Wildman–Crippen LogP) is 6.52. The third kappa shape index (κ3) is 3.80. The summed E-state index contributed by atoms with van der Waals surface area (Å²) in [6.07, 6.45) is 0.880. The summed E-state index contributed by atoms with van der Waals surface area (Å²) in [4.78, 5) is 26.6. The number of fused-ring (bicyclic) bond motifs is 1. The van der Waals surface area contributed by atoms with Crippen molar-refractivity contribution in [3.63, 3.8) is 0 Å². The zero-order valence-electron chi connectivity index (χ0n) is 18.2. The van der Waals surface area contributed by atoms with E-state index in [2.05, 4.69) is 12.2 Å². The normalized spacial score (nSPS) is 11.0. The average molecular weight is 452 g/mol. The number of carbonyl (C=O) groups is 2. The number of ether oxygens (including phenoxy) is 1. The van der Waals surface area contributed by atoms with E-state index in [-0.39, 0.29) is 17.1 Å². The first-order valence-corrected chi connectivity index (χ1v) is 11.0. The Bertz CT molecular complexity index is 1330. The molecule has 7 heteroatoms. The minimum absolute atomic E-state index is 0.193. The summed E-state index contributed by atoms with van der Waals surface area (Å²) in [5.41, 5.74) is 4.02. The van der Waals surface area contributed by atoms with Gasteiger partial charge in [-0.05, 0) is 55.7 Å². The summed E-state index contributed by atoms with van der Waals surface area (Å²) < 4.78 is 24.2. The Balaban J connectivity index is 1.76. The molecule has 4 rings (SSSR count). The summed E-state index contributed by atoms with van der Waals surface area (Å²) in [6, 6.07) is 11.7. The molecule has 2 aromatic heterocycles. The fraction of sp³-hybridized carbons (Fsp3) is 0.200. The van der Waals surface area contributed by atoms with Gasteiger partial charge in [0.2, 0.25) is 0 Å². The van der Waals surface area contributed by atoms with Gasteiger partial charge in [0, 0.05) is 21.4 Å². The maximum absolute atomic E-state index is 13.4. The number of hydrogen-bond donors (Lipinski definition) is 1. The number of hydrogen-bond acceptors (Lipinski definition) is 5. The summed E-state index contributed by atoms with van der Waals surface area (Å²) in [7, 11) is 1.28. The van der Waals surface area contributed by atoms with Gasteiger partial charge in [0.1, 0.15) is 22.0 Å². The minimum atomic E-state index is -0.585. The van der Waals surface area contributed by atoms with Crippen LogP contribution in [0.5, 0.6) is 0 Å². The van der Waals surface area contributed by atoms with Crippen LogP contribution in [0, 0.1) is 19.7 Å². The lowest BCUT2D eigenvalue weighted by molar-refractivity contribution is 0.0603. The van der Waals surface area contributed by atoms with Gasteiger partial charge < -0.3 is 14.5 Å². The number of benzene rings is 2. The summed E-state index contributed by atoms with van der Waals surface area (Å²) in [5.74, 6) is -1.22. The van der Waals surface area contributed by atoms with Crippen molar-refractivity contribution in [1.29, 1.82) is 0 Å². The first kappa shape index (κ1) is 21.8. The van der Waals surface area contributed by atoms with E-state index in [1.165, 1.54) is 30.6 Å². The van der Waals surface area contributed by atoms with Crippen LogP contribution in [0.15, 0.2) is 46.9 Å². The molecule has 4 aromatic rings. The van der Waals surface area contributed by atoms with Crippen LogP contribution < -0.4 is 5.32 Å². The summed E-state index contributed by atoms with van der Waals surface area (Å²) in [6.45, 7) is 5.74. The summed E-state index contributed by atoms with van der Waals surface area (Å²) in [5, 5.41) is 4.07. The highest BCUT2D eigenvalue weighted by Gasteiger charge is 2.27. The second-order valence-corrected chi connectivity index (χ2v) is 8.65. The van der Waals surface area contributed by atoms with Gasteiger partial charge in [-0.3, -0.25) is 4.79 Å². The van der Waals surface area contributed by atoms with Crippen LogP contribution in [0.1, 0.15) is 43.8 Å². The average Bonchev–Trinajstić information content (AvgIpc) is 3.29. The number of anilines is 1. The highest BCUT2D eigenvalue weighted by atomic mass is 32.1. The Hall–Kier alpha value is -3.45. The molecule has 0 aliphatic carbocycles. The molecule has 0 spiro atoms. The van der Waals surface area contributed by atoms with Crippen molar-refractivity contribution in [1.82, 2.24) is 0 Å². The van der Waals surface area contributed by atoms with Crippen LogP contribution in [0.4, 0.5) is 9.39 Å². The molecular formula is C25H22FNO4S. The Morgan fingerprint density at radius 2 is 1.84 bits per heavy atom. The number of halogens is 1. The molecule has 2 aromatic carbocycles. The lowest BCUT2D eigenvalue weighted by Crippen LogP contribution is -2.14. The van der Waals surface area contributed by atoms with Crippen LogP contribution in [0.3, 0.4) is 0 Å². The van der Waals surface area contributed by atoms with Gasteiger partial charge in [0.05, 0.1) is 7.11 Å². The van der Waals surface area contributed by atoms with E-state index < -0.39 is 11.9 Å². The Morgan fingerprint density at radius 3 is 2.50 bits per heavy atom. The van der Waals surface area contributed by atoms with E-state index >= 15 is 0 Å². The molecule has 0 aliphatic rings. The smallest absolute Gasteiger partial charge is 0.341 e. The molecule has 164 valence electrons. The van der Waals surface area contributed by atoms with Gasteiger partial charge in [0.25, 0.3) is 5.91 Å². The fourth-order valence-electron chi connectivity index (χ4n) is 3.76. The third-order valence-electron chi connectivity index (χ3n) is 5.45. The molecule has 32 heavy (non-hydrogen) atoms. The number of rotatable bonds is 5. The number of carbonyl (C=O) groups excluding carboxylic acids is 2. The maximum atomic E-state index is 13.4. The monoisotopic (exact) mass is 451 g/mol. The molecule has 0 unspecified atom stereocenters. The van der Waals surface area contributed by atoms with Gasteiger partial charge in [0.15, 0.2) is 5.76 Å². The fourth-order valence-corrected chi connectivity index (χ4v) is 4.82. The van der Waals surface area contributed by atoms with Gasteiger partial charge in [-0.1, -0.05) is 25.1 Å². The molecule has 0 saturated heterocycles. The molecule has 0 aliphatic heterocycles. The van der Waals surface area contributed by atoms with E-state index in [1.54, 1.807) is 12.1 Å². The van der Waals surface area contributed by atoms with Crippen molar-refractivity contribution < 1.29 is 23.1 Å². The first-order valence-electron chi connectivity index (χ1n) is 10.1. The van der Waals surface area contributed by atoms with Gasteiger partial charge >= 0.3 is 5.97 Å². The molecule has 0 bridgehead atoms. The zero-order valence-corrected chi connectivity index (χ0v) is 19.0. The molecule has 1 amide bonds. The topological polar surface area (TPSA) is 68.5 Å². The Labute approximate surface area is 188 Å². The molecule has 2 heterocycles. The summed E-state index contributed by atoms with van der Waals surface area (Å²) >= 11 is 1.26. The van der Waals surface area contributed by atoms with E-state index in [1.807, 2.05) is 32.0 Å². The van der Waals surface area contributed by atoms with Crippen LogP contribution in [0.2, 0.25) is 0 Å². The Morgan fingerprint density at radius 1 is 1.12 bits per heavy atom. The van der Waals surface area contributed by atoms with Crippen molar-refractivity contribution in [3.8, 4) is 11.1 Å². The largest absolute Gasteiger partial charge is 0.465 e. The Kier molecular flexibility index (Phi) is 5.84. The first-order chi connectivity index (χ1) is 15.3.